The van der Waals surface area contributed by atoms with E-state index in [-0.39, 0.29) is 24.2 Å². The van der Waals surface area contributed by atoms with Crippen LogP contribution in [0.5, 0.6) is 0 Å². The van der Waals surface area contributed by atoms with Crippen LogP contribution in [-0.2, 0) is 9.84 Å². The van der Waals surface area contributed by atoms with Gasteiger partial charge in [0.2, 0.25) is 9.84 Å². The Hall–Kier alpha value is -0.110. The van der Waals surface area contributed by atoms with E-state index in [9.17, 15) is 13.2 Å². The Bertz CT molecular complexity index is 761. The fourth-order valence-electron chi connectivity index (χ4n) is 1.18. The van der Waals surface area contributed by atoms with Gasteiger partial charge in [-0.15, -0.1) is 0 Å². The lowest BCUT2D eigenvalue weighted by molar-refractivity contribution is 0.598. The number of hydrogen-bond acceptors (Lipinski definition) is 5. The van der Waals surface area contributed by atoms with Crippen molar-refractivity contribution >= 4 is 65.3 Å². The Morgan fingerprint density at radius 1 is 1.06 bits per heavy atom. The molecule has 0 spiro atoms. The van der Waals surface area contributed by atoms with Gasteiger partial charge in [-0.1, -0.05) is 45.1 Å². The molecule has 0 bridgehead atoms. The minimum Gasteiger partial charge on any atom is -0.275 e. The third-order valence-corrected chi connectivity index (χ3v) is 8.18. The Morgan fingerprint density at radius 2 is 1.72 bits per heavy atom. The Kier molecular flexibility index (Phi) is 4.06. The van der Waals surface area contributed by atoms with E-state index in [1.165, 1.54) is 18.2 Å². The molecule has 0 fully saturated rings. The minimum absolute atomic E-state index is 0.0290. The molecule has 2 rings (SSSR count). The average molecular weight is 362 g/mol. The summed E-state index contributed by atoms with van der Waals surface area (Å²) in [5.41, 5.74) is 0. The molecule has 0 saturated carbocycles. The van der Waals surface area contributed by atoms with Gasteiger partial charge < -0.3 is 0 Å². The number of halogens is 3. The predicted molar refractivity (Wildman–Crippen MR) is 75.4 cm³/mol. The van der Waals surface area contributed by atoms with E-state index in [1.54, 1.807) is 0 Å². The molecule has 1 heterocycles. The molecule has 0 unspecified atom stereocenters. The van der Waals surface area contributed by atoms with Gasteiger partial charge in [-0.3, -0.25) is 4.79 Å². The van der Waals surface area contributed by atoms with Crippen LogP contribution in [0.1, 0.15) is 0 Å². The molecule has 96 valence electrons. The molecule has 0 saturated heterocycles. The molecule has 1 aromatic heterocycles. The van der Waals surface area contributed by atoms with Crippen LogP contribution in [0.3, 0.4) is 0 Å². The lowest BCUT2D eigenvalue weighted by Crippen LogP contribution is -2.03. The van der Waals surface area contributed by atoms with E-state index < -0.39 is 14.6 Å². The normalized spacial score (nSPS) is 11.7. The van der Waals surface area contributed by atoms with E-state index in [2.05, 4.69) is 0 Å². The highest BCUT2D eigenvalue weighted by Crippen LogP contribution is 2.35. The van der Waals surface area contributed by atoms with Crippen molar-refractivity contribution in [2.75, 3.05) is 0 Å². The number of rotatable bonds is 2. The summed E-state index contributed by atoms with van der Waals surface area (Å²) in [6.07, 6.45) is 0. The standard InChI is InChI=1S/C9H3Cl3O3S3/c10-4-1-2-5(11)6(3-4)18(14,15)9-7(12)8(13)16-17-9/h1-3H. The van der Waals surface area contributed by atoms with Crippen molar-refractivity contribution in [1.82, 2.24) is 0 Å². The van der Waals surface area contributed by atoms with Crippen molar-refractivity contribution in [2.45, 2.75) is 9.10 Å². The molecule has 0 atom stereocenters. The second kappa shape index (κ2) is 5.11. The van der Waals surface area contributed by atoms with Crippen molar-refractivity contribution in [3.8, 4) is 0 Å². The molecule has 0 radical (unpaired) electrons. The molecule has 3 nitrogen and oxygen atoms in total. The van der Waals surface area contributed by atoms with Crippen LogP contribution >= 0.6 is 55.5 Å². The zero-order valence-electron chi connectivity index (χ0n) is 8.32. The first kappa shape index (κ1) is 14.3. The van der Waals surface area contributed by atoms with E-state index in [0.717, 1.165) is 20.7 Å². The third-order valence-electron chi connectivity index (χ3n) is 1.98. The summed E-state index contributed by atoms with van der Waals surface area (Å²) in [7, 11) is -2.36. The topological polar surface area (TPSA) is 51.2 Å². The van der Waals surface area contributed by atoms with Crippen LogP contribution in [0.15, 0.2) is 32.1 Å². The van der Waals surface area contributed by atoms with E-state index in [1.807, 2.05) is 0 Å². The van der Waals surface area contributed by atoms with Crippen molar-refractivity contribution in [3.63, 3.8) is 0 Å². The first-order chi connectivity index (χ1) is 8.34. The fraction of sp³-hybridized carbons (Fsp3) is 0. The Morgan fingerprint density at radius 3 is 2.28 bits per heavy atom. The van der Waals surface area contributed by atoms with Gasteiger partial charge >= 0.3 is 0 Å². The zero-order chi connectivity index (χ0) is 13.5. The van der Waals surface area contributed by atoms with Crippen molar-refractivity contribution < 1.29 is 8.42 Å². The Balaban J connectivity index is 2.73. The van der Waals surface area contributed by atoms with Crippen molar-refractivity contribution in [1.29, 1.82) is 0 Å². The van der Waals surface area contributed by atoms with Crippen LogP contribution in [0, 0.1) is 0 Å². The highest BCUT2D eigenvalue weighted by molar-refractivity contribution is 7.96. The lowest BCUT2D eigenvalue weighted by Gasteiger charge is -2.04. The molecular formula is C9H3Cl3O3S3. The van der Waals surface area contributed by atoms with Crippen molar-refractivity contribution in [2.24, 2.45) is 0 Å². The van der Waals surface area contributed by atoms with Crippen LogP contribution < -0.4 is 4.74 Å². The van der Waals surface area contributed by atoms with Crippen LogP contribution in [0.25, 0.3) is 0 Å². The van der Waals surface area contributed by atoms with Gasteiger partial charge in [0.15, 0.2) is 4.21 Å². The number of sulfone groups is 1. The summed E-state index contributed by atoms with van der Waals surface area (Å²) in [4.78, 5) is 11.1. The van der Waals surface area contributed by atoms with Gasteiger partial charge in [-0.05, 0) is 28.5 Å². The van der Waals surface area contributed by atoms with E-state index >= 15 is 0 Å². The first-order valence-electron chi connectivity index (χ1n) is 4.33. The van der Waals surface area contributed by atoms with Gasteiger partial charge in [0, 0.05) is 5.02 Å². The molecule has 0 N–H and O–H groups in total. The second-order valence-corrected chi connectivity index (χ2v) is 8.58. The molecular weight excluding hydrogens is 359 g/mol. The summed E-state index contributed by atoms with van der Waals surface area (Å²) in [5, 5.41) is -0.0426. The molecule has 18 heavy (non-hydrogen) atoms. The minimum atomic E-state index is -3.92. The van der Waals surface area contributed by atoms with E-state index in [0.29, 0.717) is 0 Å². The second-order valence-electron chi connectivity index (χ2n) is 3.13. The lowest BCUT2D eigenvalue weighted by atomic mass is 10.4. The molecule has 0 amide bonds. The summed E-state index contributed by atoms with van der Waals surface area (Å²) in [6, 6.07) is 4.07. The van der Waals surface area contributed by atoms with Gasteiger partial charge in [-0.25, -0.2) is 8.42 Å². The largest absolute Gasteiger partial charge is 0.275 e. The summed E-state index contributed by atoms with van der Waals surface area (Å²) < 4.78 is 23.9. The van der Waals surface area contributed by atoms with Crippen LogP contribution in [0.2, 0.25) is 15.1 Å². The van der Waals surface area contributed by atoms with E-state index in [4.69, 9.17) is 34.8 Å². The molecule has 0 aliphatic heterocycles. The maximum absolute atomic E-state index is 12.3. The van der Waals surface area contributed by atoms with Gasteiger partial charge in [0.1, 0.15) is 5.02 Å². The smallest absolute Gasteiger partial charge is 0.262 e. The molecule has 0 aliphatic rings. The molecule has 0 aliphatic carbocycles. The maximum atomic E-state index is 12.3. The maximum Gasteiger partial charge on any atom is 0.262 e. The van der Waals surface area contributed by atoms with Gasteiger partial charge in [0.25, 0.3) is 4.74 Å². The van der Waals surface area contributed by atoms with Gasteiger partial charge in [-0.2, -0.15) is 0 Å². The average Bonchev–Trinajstić information content (AvgIpc) is 2.63. The van der Waals surface area contributed by atoms with Crippen LogP contribution in [0.4, 0.5) is 0 Å². The quantitative estimate of drug-likeness (QED) is 0.761. The molecule has 2 aromatic rings. The zero-order valence-corrected chi connectivity index (χ0v) is 13.0. The third kappa shape index (κ3) is 2.45. The predicted octanol–water partition coefficient (Wildman–Crippen LogP) is 3.96. The van der Waals surface area contributed by atoms with Crippen LogP contribution in [-0.4, -0.2) is 8.42 Å². The summed E-state index contributed by atoms with van der Waals surface area (Å²) >= 11 is 17.3. The highest BCUT2D eigenvalue weighted by Gasteiger charge is 2.27. The number of benzene rings is 1. The van der Waals surface area contributed by atoms with Crippen molar-refractivity contribution in [3.05, 3.63) is 42.8 Å². The van der Waals surface area contributed by atoms with Gasteiger partial charge in [0.05, 0.1) is 9.92 Å². The monoisotopic (exact) mass is 360 g/mol. The summed E-state index contributed by atoms with van der Waals surface area (Å²) in [5.74, 6) is 0. The Labute approximate surface area is 125 Å². The molecule has 9 heteroatoms. The summed E-state index contributed by atoms with van der Waals surface area (Å²) in [6.45, 7) is 0. The highest BCUT2D eigenvalue weighted by atomic mass is 35.5. The number of hydrogen-bond donors (Lipinski definition) is 0. The fourth-order valence-corrected chi connectivity index (χ4v) is 7.10. The first-order valence-corrected chi connectivity index (χ1v) is 9.09. The molecule has 1 aromatic carbocycles. The SMILES string of the molecule is O=c1ssc(S(=O)(=O)c2cc(Cl)ccc2Cl)c1Cl.